The molecule has 1 aliphatic rings. The third kappa shape index (κ3) is 3.14. The maximum absolute atomic E-state index is 12.1. The van der Waals surface area contributed by atoms with Gasteiger partial charge in [-0.15, -0.1) is 0 Å². The summed E-state index contributed by atoms with van der Waals surface area (Å²) in [5.41, 5.74) is 2.39. The van der Waals surface area contributed by atoms with Crippen LogP contribution in [0.15, 0.2) is 24.3 Å². The molecule has 19 heavy (non-hydrogen) atoms. The molecule has 4 heteroatoms. The Hall–Kier alpha value is -1.39. The predicted molar refractivity (Wildman–Crippen MR) is 75.0 cm³/mol. The summed E-state index contributed by atoms with van der Waals surface area (Å²) in [6, 6.07) is 8.34. The molecule has 1 saturated heterocycles. The molecular weight excluding hydrogens is 240 g/mol. The molecule has 104 valence electrons. The number of benzene rings is 1. The summed E-state index contributed by atoms with van der Waals surface area (Å²) in [7, 11) is 1.79. The van der Waals surface area contributed by atoms with Crippen LogP contribution < -0.4 is 5.32 Å². The molecular formula is C15H22N2O2. The largest absolute Gasteiger partial charge is 0.370 e. The van der Waals surface area contributed by atoms with Crippen LogP contribution in [0.4, 0.5) is 0 Å². The zero-order chi connectivity index (χ0) is 13.8. The molecule has 1 amide bonds. The lowest BCUT2D eigenvalue weighted by Crippen LogP contribution is -2.50. The van der Waals surface area contributed by atoms with Gasteiger partial charge in [-0.25, -0.2) is 0 Å². The Morgan fingerprint density at radius 2 is 2.21 bits per heavy atom. The third-order valence-corrected chi connectivity index (χ3v) is 3.62. The summed E-state index contributed by atoms with van der Waals surface area (Å²) in [5.74, 6) is 0.136. The van der Waals surface area contributed by atoms with Crippen LogP contribution in [0.3, 0.4) is 0 Å². The standard InChI is InChI=1S/C15H22N2O2/c1-11-6-4-5-7-13(11)14-9-17(12(2)10-19-14)15(18)8-16-3/h4-7,12,14,16H,8-10H2,1-3H3/t12-,14+/m0/s1. The second-order valence-corrected chi connectivity index (χ2v) is 5.10. The van der Waals surface area contributed by atoms with E-state index in [0.717, 1.165) is 0 Å². The molecule has 1 aromatic rings. The molecule has 1 aromatic carbocycles. The first-order valence-corrected chi connectivity index (χ1v) is 6.74. The topological polar surface area (TPSA) is 41.6 Å². The number of carbonyl (C=O) groups is 1. The van der Waals surface area contributed by atoms with Crippen molar-refractivity contribution in [2.45, 2.75) is 26.0 Å². The Morgan fingerprint density at radius 1 is 1.47 bits per heavy atom. The zero-order valence-electron chi connectivity index (χ0n) is 11.8. The minimum atomic E-state index is -0.0155. The fourth-order valence-electron chi connectivity index (χ4n) is 2.49. The van der Waals surface area contributed by atoms with Crippen molar-refractivity contribution >= 4 is 5.91 Å². The van der Waals surface area contributed by atoms with Crippen molar-refractivity contribution < 1.29 is 9.53 Å². The van der Waals surface area contributed by atoms with Crippen LogP contribution in [0.2, 0.25) is 0 Å². The molecule has 0 unspecified atom stereocenters. The van der Waals surface area contributed by atoms with Crippen LogP contribution in [-0.2, 0) is 9.53 Å². The van der Waals surface area contributed by atoms with Crippen molar-refractivity contribution in [2.75, 3.05) is 26.7 Å². The minimum Gasteiger partial charge on any atom is -0.370 e. The number of ether oxygens (including phenoxy) is 1. The van der Waals surface area contributed by atoms with Gasteiger partial charge in [-0.3, -0.25) is 4.79 Å². The first-order valence-electron chi connectivity index (χ1n) is 6.74. The first kappa shape index (κ1) is 14.0. The van der Waals surface area contributed by atoms with E-state index in [1.165, 1.54) is 11.1 Å². The highest BCUT2D eigenvalue weighted by Gasteiger charge is 2.30. The molecule has 0 aliphatic carbocycles. The first-order chi connectivity index (χ1) is 9.13. The Balaban J connectivity index is 2.13. The molecule has 4 nitrogen and oxygen atoms in total. The molecule has 1 aliphatic heterocycles. The van der Waals surface area contributed by atoms with Gasteiger partial charge < -0.3 is 15.0 Å². The Bertz CT molecular complexity index is 448. The van der Waals surface area contributed by atoms with Gasteiger partial charge in [0.2, 0.25) is 5.91 Å². The van der Waals surface area contributed by atoms with E-state index in [1.807, 2.05) is 24.0 Å². The molecule has 2 atom stereocenters. The monoisotopic (exact) mass is 262 g/mol. The second kappa shape index (κ2) is 6.17. The van der Waals surface area contributed by atoms with Crippen molar-refractivity contribution in [3.8, 4) is 0 Å². The SMILES string of the molecule is CNCC(=O)N1C[C@H](c2ccccc2C)OC[C@@H]1C. The lowest BCUT2D eigenvalue weighted by Gasteiger charge is -2.38. The number of hydrogen-bond donors (Lipinski definition) is 1. The smallest absolute Gasteiger partial charge is 0.236 e. The Kier molecular flexibility index (Phi) is 4.56. The highest BCUT2D eigenvalue weighted by Crippen LogP contribution is 2.27. The van der Waals surface area contributed by atoms with Crippen LogP contribution >= 0.6 is 0 Å². The second-order valence-electron chi connectivity index (χ2n) is 5.10. The zero-order valence-corrected chi connectivity index (χ0v) is 11.8. The van der Waals surface area contributed by atoms with E-state index >= 15 is 0 Å². The number of likely N-dealkylation sites (N-methyl/N-ethyl adjacent to an activating group) is 1. The van der Waals surface area contributed by atoms with Crippen LogP contribution in [0.1, 0.15) is 24.2 Å². The van der Waals surface area contributed by atoms with Crippen molar-refractivity contribution in [2.24, 2.45) is 0 Å². The van der Waals surface area contributed by atoms with Gasteiger partial charge in [-0.05, 0) is 32.0 Å². The molecule has 1 N–H and O–H groups in total. The summed E-state index contributed by atoms with van der Waals surface area (Å²) in [5, 5.41) is 2.92. The normalized spacial score (nSPS) is 23.4. The summed E-state index contributed by atoms with van der Waals surface area (Å²) < 4.78 is 5.90. The molecule has 1 fully saturated rings. The number of nitrogens with one attached hydrogen (secondary N) is 1. The maximum Gasteiger partial charge on any atom is 0.236 e. The Labute approximate surface area is 114 Å². The van der Waals surface area contributed by atoms with E-state index in [0.29, 0.717) is 19.7 Å². The number of morpholine rings is 1. The molecule has 0 saturated carbocycles. The number of amides is 1. The van der Waals surface area contributed by atoms with Gasteiger partial charge in [0.25, 0.3) is 0 Å². The van der Waals surface area contributed by atoms with Crippen molar-refractivity contribution in [1.29, 1.82) is 0 Å². The molecule has 2 rings (SSSR count). The van der Waals surface area contributed by atoms with E-state index < -0.39 is 0 Å². The van der Waals surface area contributed by atoms with Crippen LogP contribution in [-0.4, -0.2) is 43.6 Å². The van der Waals surface area contributed by atoms with Gasteiger partial charge in [0.1, 0.15) is 6.10 Å². The van der Waals surface area contributed by atoms with E-state index in [9.17, 15) is 4.79 Å². The van der Waals surface area contributed by atoms with Crippen LogP contribution in [0, 0.1) is 6.92 Å². The van der Waals surface area contributed by atoms with Gasteiger partial charge in [0, 0.05) is 0 Å². The summed E-state index contributed by atoms with van der Waals surface area (Å²) >= 11 is 0. The number of rotatable bonds is 3. The predicted octanol–water partition coefficient (Wildman–Crippen LogP) is 1.50. The van der Waals surface area contributed by atoms with Gasteiger partial charge in [0.15, 0.2) is 0 Å². The van der Waals surface area contributed by atoms with Gasteiger partial charge in [-0.1, -0.05) is 24.3 Å². The molecule has 1 heterocycles. The average molecular weight is 262 g/mol. The number of aryl methyl sites for hydroxylation is 1. The van der Waals surface area contributed by atoms with Crippen molar-refractivity contribution in [1.82, 2.24) is 10.2 Å². The Morgan fingerprint density at radius 3 is 2.89 bits per heavy atom. The van der Waals surface area contributed by atoms with Crippen LogP contribution in [0.25, 0.3) is 0 Å². The van der Waals surface area contributed by atoms with Gasteiger partial charge >= 0.3 is 0 Å². The minimum absolute atomic E-state index is 0.0155. The van der Waals surface area contributed by atoms with E-state index in [4.69, 9.17) is 4.74 Å². The number of carbonyl (C=O) groups excluding carboxylic acids is 1. The highest BCUT2D eigenvalue weighted by molar-refractivity contribution is 5.78. The molecule has 0 bridgehead atoms. The fraction of sp³-hybridized carbons (Fsp3) is 0.533. The molecule has 0 radical (unpaired) electrons. The van der Waals surface area contributed by atoms with Crippen molar-refractivity contribution in [3.63, 3.8) is 0 Å². The third-order valence-electron chi connectivity index (χ3n) is 3.62. The van der Waals surface area contributed by atoms with Gasteiger partial charge in [-0.2, -0.15) is 0 Å². The summed E-state index contributed by atoms with van der Waals surface area (Å²) in [4.78, 5) is 14.0. The van der Waals surface area contributed by atoms with E-state index in [2.05, 4.69) is 24.4 Å². The quantitative estimate of drug-likeness (QED) is 0.897. The molecule has 0 aromatic heterocycles. The molecule has 0 spiro atoms. The summed E-state index contributed by atoms with van der Waals surface area (Å²) in [6.07, 6.45) is -0.0155. The average Bonchev–Trinajstić information content (AvgIpc) is 2.40. The highest BCUT2D eigenvalue weighted by atomic mass is 16.5. The van der Waals surface area contributed by atoms with Crippen molar-refractivity contribution in [3.05, 3.63) is 35.4 Å². The van der Waals surface area contributed by atoms with E-state index in [1.54, 1.807) is 7.05 Å². The lowest BCUT2D eigenvalue weighted by molar-refractivity contribution is -0.143. The maximum atomic E-state index is 12.1. The number of hydrogen-bond acceptors (Lipinski definition) is 3. The van der Waals surface area contributed by atoms with Gasteiger partial charge in [0.05, 0.1) is 25.7 Å². The van der Waals surface area contributed by atoms with E-state index in [-0.39, 0.29) is 18.1 Å². The number of nitrogens with zero attached hydrogens (tertiary/aromatic N) is 1. The lowest BCUT2D eigenvalue weighted by atomic mass is 10.0. The van der Waals surface area contributed by atoms with Crippen LogP contribution in [0.5, 0.6) is 0 Å². The fourth-order valence-corrected chi connectivity index (χ4v) is 2.49. The summed E-state index contributed by atoms with van der Waals surface area (Å²) in [6.45, 7) is 5.71.